The van der Waals surface area contributed by atoms with Gasteiger partial charge in [-0.3, -0.25) is 4.79 Å². The first-order valence-corrected chi connectivity index (χ1v) is 8.08. The molecule has 2 N–H and O–H groups in total. The second kappa shape index (κ2) is 5.69. The van der Waals surface area contributed by atoms with Crippen LogP contribution in [0, 0.1) is 6.92 Å². The van der Waals surface area contributed by atoms with E-state index in [4.69, 9.17) is 11.6 Å². The molecule has 2 heterocycles. The zero-order valence-electron chi connectivity index (χ0n) is 13.1. The van der Waals surface area contributed by atoms with Crippen LogP contribution in [0.15, 0.2) is 65.5 Å². The van der Waals surface area contributed by atoms with Crippen molar-refractivity contribution in [2.45, 2.75) is 6.92 Å². The summed E-state index contributed by atoms with van der Waals surface area (Å²) in [6, 6.07) is 19.1. The molecular formula is C20H15ClN2O. The molecule has 0 bridgehead atoms. The van der Waals surface area contributed by atoms with Gasteiger partial charge in [0.25, 0.3) is 0 Å². The lowest BCUT2D eigenvalue weighted by atomic mass is 10.1. The van der Waals surface area contributed by atoms with Crippen LogP contribution in [0.25, 0.3) is 33.4 Å². The van der Waals surface area contributed by atoms with Crippen molar-refractivity contribution < 1.29 is 0 Å². The zero-order chi connectivity index (χ0) is 16.7. The first-order valence-electron chi connectivity index (χ1n) is 7.70. The monoisotopic (exact) mass is 334 g/mol. The average Bonchev–Trinajstić information content (AvgIpc) is 2.96. The van der Waals surface area contributed by atoms with E-state index in [1.165, 1.54) is 0 Å². The molecule has 0 atom stereocenters. The average molecular weight is 335 g/mol. The van der Waals surface area contributed by atoms with Crippen LogP contribution in [-0.2, 0) is 0 Å². The Labute approximate surface area is 143 Å². The topological polar surface area (TPSA) is 48.6 Å². The van der Waals surface area contributed by atoms with Crippen molar-refractivity contribution in [3.8, 4) is 22.5 Å². The highest BCUT2D eigenvalue weighted by Crippen LogP contribution is 2.33. The van der Waals surface area contributed by atoms with Crippen LogP contribution in [-0.4, -0.2) is 9.97 Å². The van der Waals surface area contributed by atoms with Crippen molar-refractivity contribution in [2.24, 2.45) is 0 Å². The van der Waals surface area contributed by atoms with E-state index in [9.17, 15) is 4.79 Å². The van der Waals surface area contributed by atoms with Gasteiger partial charge in [-0.2, -0.15) is 0 Å². The number of aromatic amines is 2. The van der Waals surface area contributed by atoms with Gasteiger partial charge in [0.1, 0.15) is 0 Å². The molecule has 4 aromatic rings. The summed E-state index contributed by atoms with van der Waals surface area (Å²) in [6.45, 7) is 1.89. The van der Waals surface area contributed by atoms with Gasteiger partial charge >= 0.3 is 0 Å². The Morgan fingerprint density at radius 2 is 1.50 bits per heavy atom. The third-order valence-electron chi connectivity index (χ3n) is 4.11. The van der Waals surface area contributed by atoms with E-state index >= 15 is 0 Å². The normalized spacial score (nSPS) is 11.1. The number of nitrogens with one attached hydrogen (secondary N) is 2. The minimum absolute atomic E-state index is 0.0107. The standard InChI is InChI=1S/C20H15ClN2O/c1-12-11-16(24)17-18(13-5-3-2-4-6-13)23-19(20(17)22-12)14-7-9-15(21)10-8-14/h2-11,22-23H,1H3. The summed E-state index contributed by atoms with van der Waals surface area (Å²) in [5.41, 5.74) is 5.35. The van der Waals surface area contributed by atoms with Crippen molar-refractivity contribution in [2.75, 3.05) is 0 Å². The fraction of sp³-hybridized carbons (Fsp3) is 0.0500. The third-order valence-corrected chi connectivity index (χ3v) is 4.36. The van der Waals surface area contributed by atoms with Gasteiger partial charge < -0.3 is 9.97 Å². The molecule has 0 aliphatic heterocycles. The molecule has 0 amide bonds. The lowest BCUT2D eigenvalue weighted by Gasteiger charge is -2.01. The van der Waals surface area contributed by atoms with Gasteiger partial charge in [-0.05, 0) is 24.6 Å². The van der Waals surface area contributed by atoms with Crippen molar-refractivity contribution in [1.82, 2.24) is 9.97 Å². The van der Waals surface area contributed by atoms with Crippen LogP contribution in [0.1, 0.15) is 5.69 Å². The maximum Gasteiger partial charge on any atom is 0.191 e. The summed E-state index contributed by atoms with van der Waals surface area (Å²) in [7, 11) is 0. The highest BCUT2D eigenvalue weighted by Gasteiger charge is 2.16. The molecule has 0 fully saturated rings. The highest BCUT2D eigenvalue weighted by molar-refractivity contribution is 6.30. The predicted octanol–water partition coefficient (Wildman–Crippen LogP) is 5.15. The summed E-state index contributed by atoms with van der Waals surface area (Å²) in [5.74, 6) is 0. The van der Waals surface area contributed by atoms with E-state index in [-0.39, 0.29) is 5.43 Å². The lowest BCUT2D eigenvalue weighted by Crippen LogP contribution is -2.02. The fourth-order valence-corrected chi connectivity index (χ4v) is 3.15. The van der Waals surface area contributed by atoms with Gasteiger partial charge in [-0.15, -0.1) is 0 Å². The van der Waals surface area contributed by atoms with E-state index in [1.807, 2.05) is 61.5 Å². The van der Waals surface area contributed by atoms with E-state index in [1.54, 1.807) is 6.07 Å². The van der Waals surface area contributed by atoms with Gasteiger partial charge in [0.15, 0.2) is 5.43 Å². The van der Waals surface area contributed by atoms with Crippen molar-refractivity contribution in [1.29, 1.82) is 0 Å². The largest absolute Gasteiger partial charge is 0.357 e. The third kappa shape index (κ3) is 2.43. The number of benzene rings is 2. The second-order valence-electron chi connectivity index (χ2n) is 5.81. The number of pyridine rings is 1. The Bertz CT molecular complexity index is 1080. The Kier molecular flexibility index (Phi) is 3.51. The molecule has 0 aliphatic carbocycles. The van der Waals surface area contributed by atoms with Crippen LogP contribution >= 0.6 is 11.6 Å². The zero-order valence-corrected chi connectivity index (χ0v) is 13.8. The predicted molar refractivity (Wildman–Crippen MR) is 99.5 cm³/mol. The van der Waals surface area contributed by atoms with Gasteiger partial charge in [0, 0.05) is 22.3 Å². The van der Waals surface area contributed by atoms with Crippen molar-refractivity contribution in [3.05, 3.63) is 81.6 Å². The Hall–Kier alpha value is -2.78. The summed E-state index contributed by atoms with van der Waals surface area (Å²) in [4.78, 5) is 19.4. The molecule has 0 spiro atoms. The first-order chi connectivity index (χ1) is 11.6. The summed E-state index contributed by atoms with van der Waals surface area (Å²) >= 11 is 6.00. The van der Waals surface area contributed by atoms with Crippen LogP contribution in [0.3, 0.4) is 0 Å². The molecule has 24 heavy (non-hydrogen) atoms. The van der Waals surface area contributed by atoms with Gasteiger partial charge in [0.05, 0.1) is 22.3 Å². The van der Waals surface area contributed by atoms with Crippen molar-refractivity contribution in [3.63, 3.8) is 0 Å². The summed E-state index contributed by atoms with van der Waals surface area (Å²) in [6.07, 6.45) is 0. The molecule has 0 aliphatic rings. The van der Waals surface area contributed by atoms with Gasteiger partial charge in [0.2, 0.25) is 0 Å². The van der Waals surface area contributed by atoms with E-state index in [0.717, 1.165) is 33.7 Å². The van der Waals surface area contributed by atoms with Crippen LogP contribution < -0.4 is 5.43 Å². The fourth-order valence-electron chi connectivity index (χ4n) is 3.03. The number of hydrogen-bond donors (Lipinski definition) is 2. The number of aromatic nitrogens is 2. The van der Waals surface area contributed by atoms with E-state index in [0.29, 0.717) is 10.4 Å². The maximum absolute atomic E-state index is 12.6. The Morgan fingerprint density at radius 1 is 0.833 bits per heavy atom. The number of rotatable bonds is 2. The number of hydrogen-bond acceptors (Lipinski definition) is 1. The van der Waals surface area contributed by atoms with E-state index < -0.39 is 0 Å². The highest BCUT2D eigenvalue weighted by atomic mass is 35.5. The second-order valence-corrected chi connectivity index (χ2v) is 6.25. The number of H-pyrrole nitrogens is 2. The SMILES string of the molecule is Cc1cc(=O)c2c(-c3ccccc3)[nH]c(-c3ccc(Cl)cc3)c2[nH]1. The molecule has 0 unspecified atom stereocenters. The minimum Gasteiger partial charge on any atom is -0.357 e. The molecule has 0 radical (unpaired) electrons. The van der Waals surface area contributed by atoms with Crippen LogP contribution in [0.4, 0.5) is 0 Å². The number of aryl methyl sites for hydroxylation is 1. The van der Waals surface area contributed by atoms with Gasteiger partial charge in [-0.1, -0.05) is 54.1 Å². The quantitative estimate of drug-likeness (QED) is 0.523. The maximum atomic E-state index is 12.6. The van der Waals surface area contributed by atoms with Gasteiger partial charge in [-0.25, -0.2) is 0 Å². The smallest absolute Gasteiger partial charge is 0.191 e. The summed E-state index contributed by atoms with van der Waals surface area (Å²) in [5, 5.41) is 1.36. The molecular weight excluding hydrogens is 320 g/mol. The van der Waals surface area contributed by atoms with Crippen molar-refractivity contribution >= 4 is 22.5 Å². The first kappa shape index (κ1) is 14.8. The molecule has 118 valence electrons. The molecule has 3 nitrogen and oxygen atoms in total. The number of halogens is 1. The summed E-state index contributed by atoms with van der Waals surface area (Å²) < 4.78 is 0. The molecule has 2 aromatic carbocycles. The minimum atomic E-state index is 0.0107. The van der Waals surface area contributed by atoms with E-state index in [2.05, 4.69) is 9.97 Å². The molecule has 4 heteroatoms. The Morgan fingerprint density at radius 3 is 2.21 bits per heavy atom. The molecule has 0 saturated heterocycles. The van der Waals surface area contributed by atoms with Crippen LogP contribution in [0.5, 0.6) is 0 Å². The molecule has 2 aromatic heterocycles. The molecule has 4 rings (SSSR count). The molecule has 0 saturated carbocycles. The van der Waals surface area contributed by atoms with Crippen LogP contribution in [0.2, 0.25) is 5.02 Å². The Balaban J connectivity index is 2.08. The number of fused-ring (bicyclic) bond motifs is 1. The lowest BCUT2D eigenvalue weighted by molar-refractivity contribution is 1.25.